The van der Waals surface area contributed by atoms with Crippen LogP contribution in [0.3, 0.4) is 0 Å². The van der Waals surface area contributed by atoms with Crippen LogP contribution in [0.1, 0.15) is 58.8 Å². The highest BCUT2D eigenvalue weighted by molar-refractivity contribution is 5.69. The molecule has 0 amide bonds. The van der Waals surface area contributed by atoms with Gasteiger partial charge in [0, 0.05) is 6.42 Å². The van der Waals surface area contributed by atoms with E-state index in [0.29, 0.717) is 19.4 Å². The molecule has 1 atom stereocenters. The molecule has 0 fully saturated rings. The Morgan fingerprint density at radius 2 is 1.89 bits per heavy atom. The lowest BCUT2D eigenvalue weighted by atomic mass is 9.87. The summed E-state index contributed by atoms with van der Waals surface area (Å²) in [6.45, 7) is 4.37. The van der Waals surface area contributed by atoms with Crippen molar-refractivity contribution in [1.82, 2.24) is 4.90 Å². The number of nitrogens with zero attached hydrogens (tertiary/aromatic N) is 2. The molecule has 0 aromatic heterocycles. The maximum atomic E-state index is 11.5. The molecular formula is C15H28N2O2. The monoisotopic (exact) mass is 268 g/mol. The highest BCUT2D eigenvalue weighted by Gasteiger charge is 2.32. The van der Waals surface area contributed by atoms with Gasteiger partial charge >= 0.3 is 5.97 Å². The first kappa shape index (κ1) is 17.9. The van der Waals surface area contributed by atoms with Gasteiger partial charge in [-0.3, -0.25) is 9.69 Å². The van der Waals surface area contributed by atoms with Crippen LogP contribution in [0.2, 0.25) is 0 Å². The first-order chi connectivity index (χ1) is 9.02. The van der Waals surface area contributed by atoms with Gasteiger partial charge in [0.1, 0.15) is 5.54 Å². The average molecular weight is 268 g/mol. The molecule has 0 aromatic carbocycles. The van der Waals surface area contributed by atoms with E-state index in [-0.39, 0.29) is 5.97 Å². The average Bonchev–Trinajstić information content (AvgIpc) is 2.38. The Hall–Kier alpha value is -1.08. The molecule has 0 aliphatic carbocycles. The van der Waals surface area contributed by atoms with Crippen molar-refractivity contribution in [2.24, 2.45) is 0 Å². The third-order valence-corrected chi connectivity index (χ3v) is 3.56. The van der Waals surface area contributed by atoms with Crippen LogP contribution in [0.4, 0.5) is 0 Å². The van der Waals surface area contributed by atoms with E-state index in [1.54, 1.807) is 6.92 Å². The Kier molecular flexibility index (Phi) is 9.24. The lowest BCUT2D eigenvalue weighted by Gasteiger charge is -2.33. The second kappa shape index (κ2) is 9.80. The molecule has 110 valence electrons. The van der Waals surface area contributed by atoms with Crippen molar-refractivity contribution in [3.8, 4) is 6.07 Å². The molecule has 0 aliphatic heterocycles. The van der Waals surface area contributed by atoms with Gasteiger partial charge in [-0.15, -0.1) is 0 Å². The molecule has 19 heavy (non-hydrogen) atoms. The van der Waals surface area contributed by atoms with E-state index in [9.17, 15) is 10.1 Å². The van der Waals surface area contributed by atoms with Gasteiger partial charge < -0.3 is 4.74 Å². The SMILES string of the molecule is CCCCCCC(C#N)(CCC(=O)OCC)N(C)C. The van der Waals surface area contributed by atoms with Crippen molar-refractivity contribution in [1.29, 1.82) is 5.26 Å². The zero-order valence-corrected chi connectivity index (χ0v) is 12.9. The molecule has 0 aromatic rings. The standard InChI is InChI=1S/C15H28N2O2/c1-5-7-8-9-11-15(13-16,17(3)4)12-10-14(18)19-6-2/h5-12H2,1-4H3. The molecule has 0 spiro atoms. The third kappa shape index (κ3) is 6.58. The van der Waals surface area contributed by atoms with Crippen molar-refractivity contribution in [2.45, 2.75) is 64.3 Å². The predicted molar refractivity (Wildman–Crippen MR) is 76.7 cm³/mol. The zero-order valence-electron chi connectivity index (χ0n) is 12.9. The Morgan fingerprint density at radius 3 is 2.37 bits per heavy atom. The molecule has 1 unspecified atom stereocenters. The molecule has 0 bridgehead atoms. The largest absolute Gasteiger partial charge is 0.466 e. The number of unbranched alkanes of at least 4 members (excludes halogenated alkanes) is 3. The van der Waals surface area contributed by atoms with Gasteiger partial charge in [-0.1, -0.05) is 32.6 Å². The van der Waals surface area contributed by atoms with Gasteiger partial charge in [0.25, 0.3) is 0 Å². The highest BCUT2D eigenvalue weighted by Crippen LogP contribution is 2.26. The molecule has 4 nitrogen and oxygen atoms in total. The summed E-state index contributed by atoms with van der Waals surface area (Å²) >= 11 is 0. The van der Waals surface area contributed by atoms with Gasteiger partial charge in [-0.05, 0) is 33.9 Å². The smallest absolute Gasteiger partial charge is 0.305 e. The van der Waals surface area contributed by atoms with Crippen molar-refractivity contribution in [2.75, 3.05) is 20.7 Å². The van der Waals surface area contributed by atoms with Crippen LogP contribution in [0.15, 0.2) is 0 Å². The number of esters is 1. The van der Waals surface area contributed by atoms with E-state index in [4.69, 9.17) is 4.74 Å². The van der Waals surface area contributed by atoms with E-state index in [1.165, 1.54) is 12.8 Å². The maximum Gasteiger partial charge on any atom is 0.305 e. The molecule has 0 aliphatic rings. The summed E-state index contributed by atoms with van der Waals surface area (Å²) in [4.78, 5) is 13.4. The first-order valence-electron chi connectivity index (χ1n) is 7.26. The highest BCUT2D eigenvalue weighted by atomic mass is 16.5. The molecule has 0 saturated carbocycles. The fourth-order valence-electron chi connectivity index (χ4n) is 2.17. The molecule has 0 saturated heterocycles. The van der Waals surface area contributed by atoms with E-state index in [0.717, 1.165) is 19.3 Å². The fourth-order valence-corrected chi connectivity index (χ4v) is 2.17. The van der Waals surface area contributed by atoms with Gasteiger partial charge in [0.05, 0.1) is 12.7 Å². The minimum absolute atomic E-state index is 0.211. The molecule has 0 N–H and O–H groups in total. The second-order valence-corrected chi connectivity index (χ2v) is 5.15. The van der Waals surface area contributed by atoms with Crippen LogP contribution in [0, 0.1) is 11.3 Å². The van der Waals surface area contributed by atoms with Gasteiger partial charge in [-0.25, -0.2) is 0 Å². The van der Waals surface area contributed by atoms with E-state index in [1.807, 2.05) is 19.0 Å². The number of carbonyl (C=O) groups excluding carboxylic acids is 1. The van der Waals surface area contributed by atoms with Crippen LogP contribution >= 0.6 is 0 Å². The fraction of sp³-hybridized carbons (Fsp3) is 0.867. The summed E-state index contributed by atoms with van der Waals surface area (Å²) in [6.07, 6.45) is 6.23. The van der Waals surface area contributed by atoms with Gasteiger partial charge in [-0.2, -0.15) is 5.26 Å². The van der Waals surface area contributed by atoms with Crippen LogP contribution in [-0.4, -0.2) is 37.1 Å². The van der Waals surface area contributed by atoms with Crippen LogP contribution in [0.25, 0.3) is 0 Å². The summed E-state index contributed by atoms with van der Waals surface area (Å²) in [7, 11) is 3.82. The summed E-state index contributed by atoms with van der Waals surface area (Å²) in [5.41, 5.74) is -0.541. The molecule has 0 heterocycles. The Bertz CT molecular complexity index is 297. The molecule has 4 heteroatoms. The van der Waals surface area contributed by atoms with Gasteiger partial charge in [0.15, 0.2) is 0 Å². The van der Waals surface area contributed by atoms with Crippen molar-refractivity contribution in [3.05, 3.63) is 0 Å². The second-order valence-electron chi connectivity index (χ2n) is 5.15. The first-order valence-corrected chi connectivity index (χ1v) is 7.26. The summed E-state index contributed by atoms with van der Waals surface area (Å²) in [5, 5.41) is 9.50. The Balaban J connectivity index is 4.43. The normalized spacial score (nSPS) is 13.9. The van der Waals surface area contributed by atoms with Crippen molar-refractivity contribution in [3.63, 3.8) is 0 Å². The number of hydrogen-bond acceptors (Lipinski definition) is 4. The minimum Gasteiger partial charge on any atom is -0.466 e. The minimum atomic E-state index is -0.541. The van der Waals surface area contributed by atoms with Crippen LogP contribution < -0.4 is 0 Å². The topological polar surface area (TPSA) is 53.3 Å². The third-order valence-electron chi connectivity index (χ3n) is 3.56. The van der Waals surface area contributed by atoms with Crippen molar-refractivity contribution >= 4 is 5.97 Å². The number of ether oxygens (including phenoxy) is 1. The van der Waals surface area contributed by atoms with Crippen LogP contribution in [-0.2, 0) is 9.53 Å². The zero-order chi connectivity index (χ0) is 14.7. The van der Waals surface area contributed by atoms with E-state index >= 15 is 0 Å². The molecular weight excluding hydrogens is 240 g/mol. The number of nitriles is 1. The lowest BCUT2D eigenvalue weighted by Crippen LogP contribution is -2.43. The summed E-state index contributed by atoms with van der Waals surface area (Å²) in [5.74, 6) is -0.211. The molecule has 0 rings (SSSR count). The van der Waals surface area contributed by atoms with Crippen molar-refractivity contribution < 1.29 is 9.53 Å². The summed E-state index contributed by atoms with van der Waals surface area (Å²) < 4.78 is 4.94. The van der Waals surface area contributed by atoms with Crippen LogP contribution in [0.5, 0.6) is 0 Å². The Morgan fingerprint density at radius 1 is 1.21 bits per heavy atom. The Labute approximate surface area is 117 Å². The summed E-state index contributed by atoms with van der Waals surface area (Å²) in [6, 6.07) is 2.41. The predicted octanol–water partition coefficient (Wildman–Crippen LogP) is 3.12. The maximum absolute atomic E-state index is 11.5. The van der Waals surface area contributed by atoms with E-state index < -0.39 is 5.54 Å². The number of carbonyl (C=O) groups is 1. The quantitative estimate of drug-likeness (QED) is 0.451. The number of rotatable bonds is 10. The number of hydrogen-bond donors (Lipinski definition) is 0. The lowest BCUT2D eigenvalue weighted by molar-refractivity contribution is -0.143. The van der Waals surface area contributed by atoms with E-state index in [2.05, 4.69) is 13.0 Å². The molecule has 0 radical (unpaired) electrons. The van der Waals surface area contributed by atoms with Gasteiger partial charge in [0.2, 0.25) is 0 Å².